The summed E-state index contributed by atoms with van der Waals surface area (Å²) in [4.78, 5) is 44.8. The van der Waals surface area contributed by atoms with E-state index in [1.807, 2.05) is 24.2 Å². The summed E-state index contributed by atoms with van der Waals surface area (Å²) in [5.41, 5.74) is 8.29. The molecular formula is C28H28N6O3. The van der Waals surface area contributed by atoms with Crippen LogP contribution in [0.3, 0.4) is 0 Å². The minimum Gasteiger partial charge on any atom is -0.465 e. The predicted molar refractivity (Wildman–Crippen MR) is 138 cm³/mol. The third kappa shape index (κ3) is 4.10. The molecule has 2 aliphatic heterocycles. The molecule has 37 heavy (non-hydrogen) atoms. The lowest BCUT2D eigenvalue weighted by atomic mass is 9.86. The molecule has 9 heteroatoms. The number of carbonyl (C=O) groups is 2. The Bertz CT molecular complexity index is 1540. The van der Waals surface area contributed by atoms with Crippen LogP contribution < -0.4 is 0 Å². The highest BCUT2D eigenvalue weighted by Crippen LogP contribution is 2.40. The molecule has 1 aromatic carbocycles. The normalized spacial score (nSPS) is 17.3. The first-order valence-electron chi connectivity index (χ1n) is 12.6. The van der Waals surface area contributed by atoms with E-state index in [0.29, 0.717) is 31.7 Å². The maximum absolute atomic E-state index is 13.3. The fraction of sp³-hybridized carbons (Fsp3) is 0.321. The summed E-state index contributed by atoms with van der Waals surface area (Å²) in [5.74, 6) is -0.134. The molecule has 1 saturated heterocycles. The molecule has 3 aromatic heterocycles. The molecule has 9 nitrogen and oxygen atoms in total. The maximum atomic E-state index is 13.3. The lowest BCUT2D eigenvalue weighted by Crippen LogP contribution is -2.38. The predicted octanol–water partition coefficient (Wildman–Crippen LogP) is 4.65. The molecule has 1 unspecified atom stereocenters. The van der Waals surface area contributed by atoms with Crippen molar-refractivity contribution in [3.8, 4) is 11.1 Å². The van der Waals surface area contributed by atoms with Crippen molar-refractivity contribution >= 4 is 23.0 Å². The van der Waals surface area contributed by atoms with E-state index in [1.54, 1.807) is 6.07 Å². The Morgan fingerprint density at radius 3 is 2.73 bits per heavy atom. The standard InChI is InChI=1S/C28H28N6O3/c1-16-12-29-26-21(16)11-20(13-30-26)19-9-18-5-7-33(27(35)24-8-17(2)31-15-32-24)14-23(18)22(10-19)25-4-3-6-34(25)28(36)37/h8-13,15,25H,3-7,14H2,1-2H3,(H,29,30)(H,36,37). The molecule has 2 N–H and O–H groups in total. The van der Waals surface area contributed by atoms with Crippen molar-refractivity contribution in [1.29, 1.82) is 0 Å². The van der Waals surface area contributed by atoms with Gasteiger partial charge in [-0.2, -0.15) is 0 Å². The van der Waals surface area contributed by atoms with Gasteiger partial charge in [0.05, 0.1) is 6.04 Å². The average molecular weight is 497 g/mol. The van der Waals surface area contributed by atoms with Gasteiger partial charge >= 0.3 is 6.09 Å². The van der Waals surface area contributed by atoms with E-state index in [0.717, 1.165) is 62.9 Å². The number of pyridine rings is 1. The Morgan fingerprint density at radius 2 is 1.92 bits per heavy atom. The van der Waals surface area contributed by atoms with E-state index in [2.05, 4.69) is 45.1 Å². The zero-order chi connectivity index (χ0) is 25.7. The highest BCUT2D eigenvalue weighted by molar-refractivity contribution is 5.92. The van der Waals surface area contributed by atoms with Gasteiger partial charge in [0.15, 0.2) is 0 Å². The lowest BCUT2D eigenvalue weighted by Gasteiger charge is -2.33. The lowest BCUT2D eigenvalue weighted by molar-refractivity contribution is 0.0726. The van der Waals surface area contributed by atoms with Gasteiger partial charge in [-0.05, 0) is 79.1 Å². The van der Waals surface area contributed by atoms with E-state index < -0.39 is 6.09 Å². The van der Waals surface area contributed by atoms with Crippen LogP contribution in [0.25, 0.3) is 22.2 Å². The van der Waals surface area contributed by atoms with Crippen LogP contribution in [-0.4, -0.2) is 59.9 Å². The van der Waals surface area contributed by atoms with Crippen LogP contribution in [0, 0.1) is 13.8 Å². The number of carboxylic acid groups (broad SMARTS) is 1. The quantitative estimate of drug-likeness (QED) is 0.427. The summed E-state index contributed by atoms with van der Waals surface area (Å²) < 4.78 is 0. The Hall–Kier alpha value is -4.27. The monoisotopic (exact) mass is 496 g/mol. The molecule has 0 bridgehead atoms. The summed E-state index contributed by atoms with van der Waals surface area (Å²) in [6, 6.07) is 7.89. The number of aromatic amines is 1. The van der Waals surface area contributed by atoms with Crippen molar-refractivity contribution in [2.75, 3.05) is 13.1 Å². The van der Waals surface area contributed by atoms with Gasteiger partial charge in [0, 0.05) is 48.7 Å². The largest absolute Gasteiger partial charge is 0.465 e. The van der Waals surface area contributed by atoms with E-state index in [9.17, 15) is 14.7 Å². The van der Waals surface area contributed by atoms with Gasteiger partial charge < -0.3 is 19.9 Å². The SMILES string of the molecule is Cc1cc(C(=O)N2CCc3cc(-c4cnc5[nH]cc(C)c5c4)cc(C4CCCN4C(=O)O)c3C2)ncn1. The fourth-order valence-electron chi connectivity index (χ4n) is 5.68. The van der Waals surface area contributed by atoms with E-state index >= 15 is 0 Å². The Labute approximate surface area is 214 Å². The molecule has 0 aliphatic carbocycles. The minimum atomic E-state index is -0.909. The molecule has 188 valence electrons. The number of hydrogen-bond donors (Lipinski definition) is 2. The molecule has 4 aromatic rings. The van der Waals surface area contributed by atoms with Crippen LogP contribution in [0.4, 0.5) is 4.79 Å². The van der Waals surface area contributed by atoms with Crippen molar-refractivity contribution < 1.29 is 14.7 Å². The summed E-state index contributed by atoms with van der Waals surface area (Å²) in [7, 11) is 0. The highest BCUT2D eigenvalue weighted by Gasteiger charge is 2.34. The van der Waals surface area contributed by atoms with Crippen LogP contribution in [0.5, 0.6) is 0 Å². The van der Waals surface area contributed by atoms with Crippen molar-refractivity contribution in [2.24, 2.45) is 0 Å². The number of aromatic nitrogens is 4. The number of fused-ring (bicyclic) bond motifs is 2. The number of benzene rings is 1. The first-order chi connectivity index (χ1) is 17.9. The van der Waals surface area contributed by atoms with Gasteiger partial charge in [-0.15, -0.1) is 0 Å². The second-order valence-electron chi connectivity index (χ2n) is 9.95. The molecule has 1 fully saturated rings. The van der Waals surface area contributed by atoms with Crippen molar-refractivity contribution in [1.82, 2.24) is 29.7 Å². The van der Waals surface area contributed by atoms with Crippen molar-refractivity contribution in [2.45, 2.75) is 45.7 Å². The highest BCUT2D eigenvalue weighted by atomic mass is 16.4. The Balaban J connectivity index is 1.44. The second-order valence-corrected chi connectivity index (χ2v) is 9.95. The van der Waals surface area contributed by atoms with Crippen molar-refractivity contribution in [3.05, 3.63) is 76.6 Å². The van der Waals surface area contributed by atoms with E-state index in [1.165, 1.54) is 11.2 Å². The number of H-pyrrole nitrogens is 1. The number of carbonyl (C=O) groups excluding carboxylic acids is 1. The van der Waals surface area contributed by atoms with Gasteiger partial charge in [-0.3, -0.25) is 4.79 Å². The van der Waals surface area contributed by atoms with Crippen LogP contribution in [0.1, 0.15) is 57.3 Å². The molecule has 0 radical (unpaired) electrons. The zero-order valence-electron chi connectivity index (χ0n) is 20.9. The van der Waals surface area contributed by atoms with Gasteiger partial charge in [0.25, 0.3) is 5.91 Å². The number of aryl methyl sites for hydroxylation is 2. The number of nitrogens with one attached hydrogen (secondary N) is 1. The first kappa shape index (κ1) is 23.1. The van der Waals surface area contributed by atoms with Gasteiger partial charge in [0.1, 0.15) is 17.7 Å². The topological polar surface area (TPSA) is 115 Å². The smallest absolute Gasteiger partial charge is 0.407 e. The molecule has 1 atom stereocenters. The van der Waals surface area contributed by atoms with Crippen LogP contribution in [-0.2, 0) is 13.0 Å². The molecule has 5 heterocycles. The Kier molecular flexibility index (Phi) is 5.62. The van der Waals surface area contributed by atoms with Crippen LogP contribution in [0.15, 0.2) is 43.0 Å². The third-order valence-electron chi connectivity index (χ3n) is 7.62. The first-order valence-corrected chi connectivity index (χ1v) is 12.6. The molecular weight excluding hydrogens is 468 g/mol. The minimum absolute atomic E-state index is 0.134. The number of amides is 2. The number of hydrogen-bond acceptors (Lipinski definition) is 5. The fourth-order valence-corrected chi connectivity index (χ4v) is 5.68. The molecule has 6 rings (SSSR count). The summed E-state index contributed by atoms with van der Waals surface area (Å²) in [5, 5.41) is 11.0. The van der Waals surface area contributed by atoms with E-state index in [-0.39, 0.29) is 11.9 Å². The average Bonchev–Trinajstić information content (AvgIpc) is 3.54. The zero-order valence-corrected chi connectivity index (χ0v) is 20.9. The number of likely N-dealkylation sites (tertiary alicyclic amines) is 1. The Morgan fingerprint density at radius 1 is 1.05 bits per heavy atom. The molecule has 2 aliphatic rings. The summed E-state index contributed by atoms with van der Waals surface area (Å²) in [6.07, 6.45) is 6.58. The summed E-state index contributed by atoms with van der Waals surface area (Å²) >= 11 is 0. The van der Waals surface area contributed by atoms with Gasteiger partial charge in [-0.25, -0.2) is 19.7 Å². The van der Waals surface area contributed by atoms with Crippen molar-refractivity contribution in [3.63, 3.8) is 0 Å². The van der Waals surface area contributed by atoms with Crippen LogP contribution in [0.2, 0.25) is 0 Å². The van der Waals surface area contributed by atoms with E-state index in [4.69, 9.17) is 0 Å². The molecule has 0 saturated carbocycles. The second kappa shape index (κ2) is 8.99. The van der Waals surface area contributed by atoms with Gasteiger partial charge in [-0.1, -0.05) is 6.07 Å². The molecule has 0 spiro atoms. The third-order valence-corrected chi connectivity index (χ3v) is 7.62. The maximum Gasteiger partial charge on any atom is 0.407 e. The molecule has 2 amide bonds. The number of rotatable bonds is 3. The summed E-state index contributed by atoms with van der Waals surface area (Å²) in [6.45, 7) is 5.39. The number of nitrogens with zero attached hydrogens (tertiary/aromatic N) is 5. The van der Waals surface area contributed by atoms with Crippen LogP contribution >= 0.6 is 0 Å². The van der Waals surface area contributed by atoms with Gasteiger partial charge in [0.2, 0.25) is 0 Å².